The van der Waals surface area contributed by atoms with E-state index in [1.165, 1.54) is 5.56 Å². The van der Waals surface area contributed by atoms with Gasteiger partial charge in [0.25, 0.3) is 0 Å². The van der Waals surface area contributed by atoms with Gasteiger partial charge in [-0.05, 0) is 36.5 Å². The summed E-state index contributed by atoms with van der Waals surface area (Å²) in [6.45, 7) is 1.93. The lowest BCUT2D eigenvalue weighted by Crippen LogP contribution is -2.34. The van der Waals surface area contributed by atoms with E-state index in [-0.39, 0.29) is 0 Å². The summed E-state index contributed by atoms with van der Waals surface area (Å²) in [5.74, 6) is 1.46. The molecule has 0 amide bonds. The van der Waals surface area contributed by atoms with Crippen molar-refractivity contribution in [2.45, 2.75) is 18.8 Å². The second-order valence-corrected chi connectivity index (χ2v) is 5.16. The van der Waals surface area contributed by atoms with E-state index < -0.39 is 0 Å². The molecule has 1 aliphatic rings. The van der Waals surface area contributed by atoms with Gasteiger partial charge in [0.15, 0.2) is 0 Å². The third kappa shape index (κ3) is 2.50. The van der Waals surface area contributed by atoms with Gasteiger partial charge in [0.2, 0.25) is 0 Å². The summed E-state index contributed by atoms with van der Waals surface area (Å²) >= 11 is 0. The second-order valence-electron chi connectivity index (χ2n) is 5.16. The molecule has 0 bridgehead atoms. The molecule has 2 aromatic rings. The lowest BCUT2D eigenvalue weighted by Gasteiger charge is -2.33. The van der Waals surface area contributed by atoms with Crippen molar-refractivity contribution in [3.05, 3.63) is 59.8 Å². The molecule has 100 valence electrons. The van der Waals surface area contributed by atoms with E-state index in [1.54, 1.807) is 6.20 Å². The number of hydrogen-bond acceptors (Lipinski definition) is 3. The van der Waals surface area contributed by atoms with E-state index in [0.29, 0.717) is 11.5 Å². The van der Waals surface area contributed by atoms with Crippen LogP contribution in [0.5, 0.6) is 0 Å². The third-order valence-corrected chi connectivity index (χ3v) is 3.97. The quantitative estimate of drug-likeness (QED) is 0.834. The number of aromatic nitrogens is 1. The Morgan fingerprint density at radius 2 is 1.80 bits per heavy atom. The maximum atomic E-state index is 9.16. The summed E-state index contributed by atoms with van der Waals surface area (Å²) < 4.78 is 0. The summed E-state index contributed by atoms with van der Waals surface area (Å²) in [7, 11) is 0. The van der Waals surface area contributed by atoms with Crippen LogP contribution in [-0.4, -0.2) is 18.1 Å². The van der Waals surface area contributed by atoms with E-state index >= 15 is 0 Å². The number of rotatable bonds is 2. The van der Waals surface area contributed by atoms with Crippen LogP contribution in [0, 0.1) is 11.3 Å². The van der Waals surface area contributed by atoms with Crippen molar-refractivity contribution < 1.29 is 0 Å². The molecule has 0 spiro atoms. The fourth-order valence-electron chi connectivity index (χ4n) is 2.89. The molecule has 2 heterocycles. The predicted molar refractivity (Wildman–Crippen MR) is 79.6 cm³/mol. The lowest BCUT2D eigenvalue weighted by molar-refractivity contribution is 0.502. The molecule has 20 heavy (non-hydrogen) atoms. The normalized spacial score (nSPS) is 15.8. The van der Waals surface area contributed by atoms with E-state index in [1.807, 2.05) is 12.1 Å². The summed E-state index contributed by atoms with van der Waals surface area (Å²) in [4.78, 5) is 6.61. The number of nitrogens with zero attached hydrogens (tertiary/aromatic N) is 3. The molecular weight excluding hydrogens is 246 g/mol. The van der Waals surface area contributed by atoms with Gasteiger partial charge in [-0.25, -0.2) is 4.98 Å². The highest BCUT2D eigenvalue weighted by molar-refractivity contribution is 5.53. The molecule has 1 aromatic carbocycles. The van der Waals surface area contributed by atoms with Gasteiger partial charge in [0, 0.05) is 19.3 Å². The minimum absolute atomic E-state index is 0.627. The Hall–Kier alpha value is -2.34. The Labute approximate surface area is 119 Å². The van der Waals surface area contributed by atoms with Crippen molar-refractivity contribution >= 4 is 5.82 Å². The monoisotopic (exact) mass is 263 g/mol. The van der Waals surface area contributed by atoms with Gasteiger partial charge < -0.3 is 4.90 Å². The molecule has 1 aliphatic heterocycles. The first-order valence-electron chi connectivity index (χ1n) is 7.03. The number of hydrogen-bond donors (Lipinski definition) is 0. The van der Waals surface area contributed by atoms with Crippen molar-refractivity contribution in [3.63, 3.8) is 0 Å². The maximum Gasteiger partial charge on any atom is 0.146 e. The smallest absolute Gasteiger partial charge is 0.146 e. The molecule has 0 atom stereocenters. The highest BCUT2D eigenvalue weighted by Gasteiger charge is 2.22. The van der Waals surface area contributed by atoms with Crippen LogP contribution in [0.4, 0.5) is 5.82 Å². The average molecular weight is 263 g/mol. The fraction of sp³-hybridized carbons (Fsp3) is 0.294. The van der Waals surface area contributed by atoms with E-state index in [9.17, 15) is 0 Å². The maximum absolute atomic E-state index is 9.16. The van der Waals surface area contributed by atoms with Gasteiger partial charge >= 0.3 is 0 Å². The summed E-state index contributed by atoms with van der Waals surface area (Å²) in [5.41, 5.74) is 2.10. The summed E-state index contributed by atoms with van der Waals surface area (Å²) in [6, 6.07) is 16.6. The molecule has 0 saturated carbocycles. The highest BCUT2D eigenvalue weighted by atomic mass is 15.2. The molecular formula is C17H17N3. The average Bonchev–Trinajstić information content (AvgIpc) is 2.56. The van der Waals surface area contributed by atoms with Gasteiger partial charge in [-0.3, -0.25) is 0 Å². The first-order chi connectivity index (χ1) is 9.88. The lowest BCUT2D eigenvalue weighted by atomic mass is 9.89. The molecule has 0 radical (unpaired) electrons. The van der Waals surface area contributed by atoms with Gasteiger partial charge in [-0.15, -0.1) is 0 Å². The zero-order valence-corrected chi connectivity index (χ0v) is 11.4. The predicted octanol–water partition coefficient (Wildman–Crippen LogP) is 3.34. The largest absolute Gasteiger partial charge is 0.355 e. The number of benzene rings is 1. The van der Waals surface area contributed by atoms with Crippen LogP contribution < -0.4 is 4.90 Å². The highest BCUT2D eigenvalue weighted by Crippen LogP contribution is 2.30. The Bertz CT molecular complexity index is 608. The molecule has 3 heteroatoms. The van der Waals surface area contributed by atoms with Crippen molar-refractivity contribution in [3.8, 4) is 6.07 Å². The summed E-state index contributed by atoms with van der Waals surface area (Å²) in [6.07, 6.45) is 4.00. The first-order valence-corrected chi connectivity index (χ1v) is 7.03. The summed E-state index contributed by atoms with van der Waals surface area (Å²) in [5, 5.41) is 9.16. The van der Waals surface area contributed by atoms with E-state index in [0.717, 1.165) is 31.7 Å². The van der Waals surface area contributed by atoms with Crippen molar-refractivity contribution in [1.82, 2.24) is 4.98 Å². The van der Waals surface area contributed by atoms with Crippen LogP contribution in [-0.2, 0) is 0 Å². The van der Waals surface area contributed by atoms with Crippen LogP contribution in [0.25, 0.3) is 0 Å². The van der Waals surface area contributed by atoms with Crippen LogP contribution in [0.3, 0.4) is 0 Å². The Morgan fingerprint density at radius 1 is 1.05 bits per heavy atom. The number of piperidine rings is 1. The Balaban J connectivity index is 1.72. The molecule has 0 unspecified atom stereocenters. The Morgan fingerprint density at radius 3 is 2.50 bits per heavy atom. The zero-order chi connectivity index (χ0) is 13.8. The second kappa shape index (κ2) is 5.75. The van der Waals surface area contributed by atoms with E-state index in [2.05, 4.69) is 46.3 Å². The molecule has 0 aliphatic carbocycles. The van der Waals surface area contributed by atoms with Crippen LogP contribution >= 0.6 is 0 Å². The van der Waals surface area contributed by atoms with Crippen LogP contribution in [0.2, 0.25) is 0 Å². The zero-order valence-electron chi connectivity index (χ0n) is 11.4. The number of anilines is 1. The topological polar surface area (TPSA) is 39.9 Å². The number of nitriles is 1. The van der Waals surface area contributed by atoms with Crippen LogP contribution in [0.15, 0.2) is 48.7 Å². The molecule has 3 nitrogen and oxygen atoms in total. The number of pyridine rings is 1. The third-order valence-electron chi connectivity index (χ3n) is 3.97. The minimum atomic E-state index is 0.627. The van der Waals surface area contributed by atoms with Gasteiger partial charge in [0.05, 0.1) is 5.56 Å². The minimum Gasteiger partial charge on any atom is -0.355 e. The van der Waals surface area contributed by atoms with Crippen molar-refractivity contribution in [1.29, 1.82) is 5.26 Å². The first kappa shape index (κ1) is 12.7. The van der Waals surface area contributed by atoms with Crippen molar-refractivity contribution in [2.75, 3.05) is 18.0 Å². The fourth-order valence-corrected chi connectivity index (χ4v) is 2.89. The van der Waals surface area contributed by atoms with Crippen LogP contribution in [0.1, 0.15) is 29.9 Å². The SMILES string of the molecule is N#Cc1cccnc1N1CCC(c2ccccc2)CC1. The van der Waals surface area contributed by atoms with Gasteiger partial charge in [-0.1, -0.05) is 30.3 Å². The van der Waals surface area contributed by atoms with Crippen molar-refractivity contribution in [2.24, 2.45) is 0 Å². The molecule has 0 N–H and O–H groups in total. The van der Waals surface area contributed by atoms with Gasteiger partial charge in [0.1, 0.15) is 11.9 Å². The molecule has 1 fully saturated rings. The standard InChI is InChI=1S/C17H17N3/c18-13-16-7-4-10-19-17(16)20-11-8-15(9-12-20)14-5-2-1-3-6-14/h1-7,10,15H,8-9,11-12H2. The molecule has 1 saturated heterocycles. The Kier molecular flexibility index (Phi) is 3.64. The van der Waals surface area contributed by atoms with E-state index in [4.69, 9.17) is 5.26 Å². The molecule has 1 aromatic heterocycles. The molecule has 3 rings (SSSR count). The van der Waals surface area contributed by atoms with Gasteiger partial charge in [-0.2, -0.15) is 5.26 Å².